The molecule has 25 heavy (non-hydrogen) atoms. The van der Waals surface area contributed by atoms with Crippen LogP contribution >= 0.6 is 0 Å². The Labute approximate surface area is 145 Å². The minimum absolute atomic E-state index is 0.226. The first-order valence-electron chi connectivity index (χ1n) is 7.58. The van der Waals surface area contributed by atoms with Crippen molar-refractivity contribution in [3.05, 3.63) is 53.9 Å². The molecule has 0 aliphatic rings. The number of hydrogen-bond acceptors (Lipinski definition) is 6. The number of ketones is 1. The first-order valence-corrected chi connectivity index (χ1v) is 7.58. The number of methoxy groups -OCH3 is 3. The summed E-state index contributed by atoms with van der Waals surface area (Å²) in [6.45, 7) is 0. The van der Waals surface area contributed by atoms with Crippen molar-refractivity contribution in [2.45, 2.75) is 0 Å². The van der Waals surface area contributed by atoms with Crippen molar-refractivity contribution in [3.63, 3.8) is 0 Å². The quantitative estimate of drug-likeness (QED) is 0.720. The van der Waals surface area contributed by atoms with E-state index in [1.807, 2.05) is 0 Å². The maximum Gasteiger partial charge on any atom is 0.212 e. The van der Waals surface area contributed by atoms with E-state index in [1.54, 1.807) is 50.6 Å². The summed E-state index contributed by atoms with van der Waals surface area (Å²) >= 11 is 0. The van der Waals surface area contributed by atoms with Gasteiger partial charge in [-0.05, 0) is 24.3 Å². The minimum Gasteiger partial charge on any atom is -0.497 e. The van der Waals surface area contributed by atoms with Crippen molar-refractivity contribution < 1.29 is 19.0 Å². The van der Waals surface area contributed by atoms with E-state index in [4.69, 9.17) is 19.9 Å². The maximum atomic E-state index is 13.0. The number of carbonyl (C=O) groups excluding carboxylic acids is 1. The van der Waals surface area contributed by atoms with Gasteiger partial charge in [0.2, 0.25) is 5.78 Å². The molecule has 6 heteroatoms. The number of aromatic nitrogens is 1. The molecule has 0 aliphatic carbocycles. The molecule has 0 bridgehead atoms. The summed E-state index contributed by atoms with van der Waals surface area (Å²) < 4.78 is 15.8. The number of ether oxygens (including phenoxy) is 3. The molecular weight excluding hydrogens is 320 g/mol. The van der Waals surface area contributed by atoms with Gasteiger partial charge < -0.3 is 19.9 Å². The second-order valence-corrected chi connectivity index (χ2v) is 5.38. The monoisotopic (exact) mass is 338 g/mol. The summed E-state index contributed by atoms with van der Waals surface area (Å²) in [6.07, 6.45) is 1.47. The first kappa shape index (κ1) is 16.6. The predicted molar refractivity (Wildman–Crippen MR) is 95.7 cm³/mol. The summed E-state index contributed by atoms with van der Waals surface area (Å²) in [7, 11) is 4.63. The highest BCUT2D eigenvalue weighted by Gasteiger charge is 2.18. The van der Waals surface area contributed by atoms with Crippen LogP contribution in [0.2, 0.25) is 0 Å². The molecule has 0 saturated heterocycles. The maximum absolute atomic E-state index is 13.0. The summed E-state index contributed by atoms with van der Waals surface area (Å²) in [4.78, 5) is 17.2. The SMILES string of the molecule is COc1cccc(C(=O)c2ncc(N)c3cc(OC)c(OC)cc23)c1. The van der Waals surface area contributed by atoms with E-state index in [2.05, 4.69) is 4.98 Å². The van der Waals surface area contributed by atoms with Crippen molar-refractivity contribution in [3.8, 4) is 17.2 Å². The van der Waals surface area contributed by atoms with Crippen LogP contribution in [0.1, 0.15) is 16.1 Å². The molecule has 3 rings (SSSR count). The third-order valence-electron chi connectivity index (χ3n) is 3.97. The average Bonchev–Trinajstić information content (AvgIpc) is 2.66. The molecule has 0 atom stereocenters. The third kappa shape index (κ3) is 2.94. The fourth-order valence-corrected chi connectivity index (χ4v) is 2.67. The second-order valence-electron chi connectivity index (χ2n) is 5.38. The van der Waals surface area contributed by atoms with Gasteiger partial charge in [0.1, 0.15) is 11.4 Å². The van der Waals surface area contributed by atoms with Gasteiger partial charge in [-0.15, -0.1) is 0 Å². The molecule has 6 nitrogen and oxygen atoms in total. The van der Waals surface area contributed by atoms with Crippen LogP contribution in [0.5, 0.6) is 17.2 Å². The fourth-order valence-electron chi connectivity index (χ4n) is 2.67. The van der Waals surface area contributed by atoms with Crippen LogP contribution in [-0.4, -0.2) is 32.1 Å². The number of rotatable bonds is 5. The Bertz CT molecular complexity index is 954. The van der Waals surface area contributed by atoms with E-state index >= 15 is 0 Å². The van der Waals surface area contributed by atoms with Crippen LogP contribution < -0.4 is 19.9 Å². The topological polar surface area (TPSA) is 83.7 Å². The molecule has 0 saturated carbocycles. The van der Waals surface area contributed by atoms with Gasteiger partial charge in [-0.3, -0.25) is 4.79 Å². The normalized spacial score (nSPS) is 10.5. The highest BCUT2D eigenvalue weighted by atomic mass is 16.5. The molecule has 128 valence electrons. The van der Waals surface area contributed by atoms with E-state index < -0.39 is 0 Å². The molecule has 1 heterocycles. The minimum atomic E-state index is -0.226. The van der Waals surface area contributed by atoms with E-state index in [0.717, 1.165) is 0 Å². The lowest BCUT2D eigenvalue weighted by Gasteiger charge is -2.13. The van der Waals surface area contributed by atoms with Crippen molar-refractivity contribution >= 4 is 22.2 Å². The molecule has 0 spiro atoms. The van der Waals surface area contributed by atoms with Crippen LogP contribution in [0.4, 0.5) is 5.69 Å². The van der Waals surface area contributed by atoms with Gasteiger partial charge in [0.25, 0.3) is 0 Å². The Kier molecular flexibility index (Phi) is 4.43. The molecule has 0 amide bonds. The van der Waals surface area contributed by atoms with Gasteiger partial charge in [0.15, 0.2) is 11.5 Å². The molecule has 2 aromatic carbocycles. The molecule has 0 aliphatic heterocycles. The van der Waals surface area contributed by atoms with Gasteiger partial charge in [0.05, 0.1) is 33.2 Å². The summed E-state index contributed by atoms with van der Waals surface area (Å²) in [5, 5.41) is 1.28. The number of anilines is 1. The zero-order valence-electron chi connectivity index (χ0n) is 14.2. The van der Waals surface area contributed by atoms with Crippen LogP contribution in [-0.2, 0) is 0 Å². The number of hydrogen-bond donors (Lipinski definition) is 1. The van der Waals surface area contributed by atoms with Crippen LogP contribution in [0.25, 0.3) is 10.8 Å². The molecule has 0 radical (unpaired) electrons. The van der Waals surface area contributed by atoms with E-state index in [0.29, 0.717) is 45.0 Å². The molecule has 0 fully saturated rings. The highest BCUT2D eigenvalue weighted by Crippen LogP contribution is 2.36. The third-order valence-corrected chi connectivity index (χ3v) is 3.97. The number of fused-ring (bicyclic) bond motifs is 1. The van der Waals surface area contributed by atoms with E-state index in [1.165, 1.54) is 13.3 Å². The summed E-state index contributed by atoms with van der Waals surface area (Å²) in [5.41, 5.74) is 7.26. The molecule has 3 aromatic rings. The summed E-state index contributed by atoms with van der Waals surface area (Å²) in [6, 6.07) is 10.4. The van der Waals surface area contributed by atoms with Crippen LogP contribution in [0.3, 0.4) is 0 Å². The first-order chi connectivity index (χ1) is 12.1. The second kappa shape index (κ2) is 6.68. The fraction of sp³-hybridized carbons (Fsp3) is 0.158. The number of benzene rings is 2. The lowest BCUT2D eigenvalue weighted by Crippen LogP contribution is -2.07. The van der Waals surface area contributed by atoms with Gasteiger partial charge in [-0.1, -0.05) is 12.1 Å². The lowest BCUT2D eigenvalue weighted by molar-refractivity contribution is 0.103. The van der Waals surface area contributed by atoms with E-state index in [9.17, 15) is 4.79 Å². The van der Waals surface area contributed by atoms with Crippen molar-refractivity contribution in [1.29, 1.82) is 0 Å². The average molecular weight is 338 g/mol. The molecule has 1 aromatic heterocycles. The van der Waals surface area contributed by atoms with Crippen LogP contribution in [0, 0.1) is 0 Å². The number of nitrogen functional groups attached to an aromatic ring is 1. The number of carbonyl (C=O) groups is 1. The lowest BCUT2D eigenvalue weighted by atomic mass is 10.0. The zero-order valence-corrected chi connectivity index (χ0v) is 14.2. The Hall–Kier alpha value is -3.28. The number of nitrogens with two attached hydrogens (primary N) is 1. The summed E-state index contributed by atoms with van der Waals surface area (Å²) in [5.74, 6) is 1.41. The van der Waals surface area contributed by atoms with E-state index in [-0.39, 0.29) is 5.78 Å². The molecule has 0 unspecified atom stereocenters. The van der Waals surface area contributed by atoms with Crippen molar-refractivity contribution in [2.24, 2.45) is 0 Å². The van der Waals surface area contributed by atoms with Crippen LogP contribution in [0.15, 0.2) is 42.6 Å². The largest absolute Gasteiger partial charge is 0.497 e. The smallest absolute Gasteiger partial charge is 0.212 e. The van der Waals surface area contributed by atoms with Gasteiger partial charge in [-0.2, -0.15) is 0 Å². The highest BCUT2D eigenvalue weighted by molar-refractivity contribution is 6.16. The Morgan fingerprint density at radius 3 is 2.28 bits per heavy atom. The predicted octanol–water partition coefficient (Wildman–Crippen LogP) is 3.07. The zero-order chi connectivity index (χ0) is 18.0. The number of pyridine rings is 1. The van der Waals surface area contributed by atoms with Gasteiger partial charge in [0, 0.05) is 16.3 Å². The standard InChI is InChI=1S/C19H18N2O4/c1-23-12-6-4-5-11(7-12)19(22)18-14-9-17(25-3)16(24-2)8-13(14)15(20)10-21-18/h4-10H,20H2,1-3H3. The van der Waals surface area contributed by atoms with Crippen molar-refractivity contribution in [1.82, 2.24) is 4.98 Å². The Balaban J connectivity index is 2.21. The molecule has 2 N–H and O–H groups in total. The van der Waals surface area contributed by atoms with Gasteiger partial charge in [-0.25, -0.2) is 4.98 Å². The Morgan fingerprint density at radius 1 is 0.960 bits per heavy atom. The molecular formula is C19H18N2O4. The van der Waals surface area contributed by atoms with Gasteiger partial charge >= 0.3 is 0 Å². The van der Waals surface area contributed by atoms with Crippen molar-refractivity contribution in [2.75, 3.05) is 27.1 Å². The Morgan fingerprint density at radius 2 is 1.64 bits per heavy atom. The number of nitrogens with zero attached hydrogens (tertiary/aromatic N) is 1.